The van der Waals surface area contributed by atoms with E-state index in [0.717, 1.165) is 0 Å². The number of para-hydroxylation sites is 1. The molecule has 3 heteroatoms. The second-order valence-corrected chi connectivity index (χ2v) is 2.94. The van der Waals surface area contributed by atoms with Crippen molar-refractivity contribution in [2.45, 2.75) is 13.8 Å². The summed E-state index contributed by atoms with van der Waals surface area (Å²) >= 11 is 0. The Labute approximate surface area is 89.8 Å². The van der Waals surface area contributed by atoms with Gasteiger partial charge in [0, 0.05) is 6.54 Å². The molecule has 1 rings (SSSR count). The van der Waals surface area contributed by atoms with Crippen LogP contribution < -0.4 is 10.1 Å². The van der Waals surface area contributed by atoms with Gasteiger partial charge in [-0.25, -0.2) is 4.79 Å². The van der Waals surface area contributed by atoms with Crippen LogP contribution in [0.25, 0.3) is 0 Å². The van der Waals surface area contributed by atoms with Crippen molar-refractivity contribution in [2.75, 3.05) is 6.54 Å². The maximum Gasteiger partial charge on any atom is 0.359 e. The zero-order valence-corrected chi connectivity index (χ0v) is 8.99. The Bertz CT molecular complexity index is 344. The number of benzene rings is 1. The van der Waals surface area contributed by atoms with Crippen LogP contribution in [0.15, 0.2) is 42.1 Å². The van der Waals surface area contributed by atoms with E-state index >= 15 is 0 Å². The summed E-state index contributed by atoms with van der Waals surface area (Å²) in [7, 11) is 0. The molecule has 0 aliphatic carbocycles. The van der Waals surface area contributed by atoms with Crippen LogP contribution in [0.2, 0.25) is 0 Å². The molecule has 0 aliphatic rings. The molecule has 0 saturated carbocycles. The first-order valence-corrected chi connectivity index (χ1v) is 4.95. The number of esters is 1. The van der Waals surface area contributed by atoms with Crippen LogP contribution in [0.3, 0.4) is 0 Å². The number of likely N-dealkylation sites (N-methyl/N-ethyl adjacent to an activating group) is 1. The fraction of sp³-hybridized carbons (Fsp3) is 0.250. The minimum Gasteiger partial charge on any atom is -0.422 e. The van der Waals surface area contributed by atoms with Crippen molar-refractivity contribution >= 4 is 5.97 Å². The molecule has 0 atom stereocenters. The molecule has 0 bridgehead atoms. The Morgan fingerprint density at radius 1 is 1.40 bits per heavy atom. The van der Waals surface area contributed by atoms with E-state index in [9.17, 15) is 4.79 Å². The number of hydrogen-bond acceptors (Lipinski definition) is 3. The third-order valence-electron chi connectivity index (χ3n) is 1.83. The first kappa shape index (κ1) is 11.3. The van der Waals surface area contributed by atoms with Gasteiger partial charge in [0.25, 0.3) is 0 Å². The molecular formula is C12H15NO2. The van der Waals surface area contributed by atoms with Gasteiger partial charge in [-0.3, -0.25) is 0 Å². The lowest BCUT2D eigenvalue weighted by atomic mass is 10.3. The summed E-state index contributed by atoms with van der Waals surface area (Å²) in [6.45, 7) is 4.42. The smallest absolute Gasteiger partial charge is 0.359 e. The molecule has 15 heavy (non-hydrogen) atoms. The van der Waals surface area contributed by atoms with Gasteiger partial charge in [-0.1, -0.05) is 24.3 Å². The van der Waals surface area contributed by atoms with Gasteiger partial charge in [-0.2, -0.15) is 0 Å². The van der Waals surface area contributed by atoms with Gasteiger partial charge in [0.05, 0.1) is 0 Å². The van der Waals surface area contributed by atoms with Gasteiger partial charge in [0.15, 0.2) is 0 Å². The Kier molecular flexibility index (Phi) is 4.41. The number of hydrogen-bond donors (Lipinski definition) is 1. The number of ether oxygens (including phenoxy) is 1. The second kappa shape index (κ2) is 5.86. The lowest BCUT2D eigenvalue weighted by Gasteiger charge is -2.08. The quantitative estimate of drug-likeness (QED) is 0.465. The maximum atomic E-state index is 11.6. The molecule has 80 valence electrons. The summed E-state index contributed by atoms with van der Waals surface area (Å²) in [5.41, 5.74) is 0.487. The van der Waals surface area contributed by atoms with E-state index in [-0.39, 0.29) is 5.97 Å². The summed E-state index contributed by atoms with van der Waals surface area (Å²) in [6.07, 6.45) is 1.70. The standard InChI is InChI=1S/C12H15NO2/c1-3-11(13-4-2)12(14)15-10-8-6-5-7-9-10/h3,5-9,13H,4H2,1-2H3. The minimum absolute atomic E-state index is 0.356. The Morgan fingerprint density at radius 3 is 2.60 bits per heavy atom. The van der Waals surface area contributed by atoms with Crippen molar-refractivity contribution in [1.82, 2.24) is 5.32 Å². The molecule has 0 unspecified atom stereocenters. The molecule has 3 nitrogen and oxygen atoms in total. The lowest BCUT2D eigenvalue weighted by molar-refractivity contribution is -0.130. The van der Waals surface area contributed by atoms with E-state index in [1.165, 1.54) is 0 Å². The molecule has 0 amide bonds. The van der Waals surface area contributed by atoms with Gasteiger partial charge in [0.2, 0.25) is 0 Å². The fourth-order valence-electron chi connectivity index (χ4n) is 1.13. The van der Waals surface area contributed by atoms with Crippen LogP contribution in [-0.4, -0.2) is 12.5 Å². The number of nitrogens with one attached hydrogen (secondary N) is 1. The average molecular weight is 205 g/mol. The largest absolute Gasteiger partial charge is 0.422 e. The molecule has 0 fully saturated rings. The topological polar surface area (TPSA) is 38.3 Å². The normalized spacial score (nSPS) is 10.9. The van der Waals surface area contributed by atoms with Crippen molar-refractivity contribution < 1.29 is 9.53 Å². The monoisotopic (exact) mass is 205 g/mol. The number of rotatable bonds is 4. The first-order valence-electron chi connectivity index (χ1n) is 4.95. The van der Waals surface area contributed by atoms with Gasteiger partial charge >= 0.3 is 5.97 Å². The third-order valence-corrected chi connectivity index (χ3v) is 1.83. The zero-order chi connectivity index (χ0) is 11.1. The summed E-state index contributed by atoms with van der Waals surface area (Å²) in [6, 6.07) is 9.02. The van der Waals surface area contributed by atoms with Crippen molar-refractivity contribution in [3.05, 3.63) is 42.1 Å². The predicted molar refractivity (Wildman–Crippen MR) is 59.5 cm³/mol. The first-order chi connectivity index (χ1) is 7.27. The molecule has 0 spiro atoms. The lowest BCUT2D eigenvalue weighted by Crippen LogP contribution is -2.23. The molecular weight excluding hydrogens is 190 g/mol. The third kappa shape index (κ3) is 3.46. The molecule has 0 heterocycles. The molecule has 0 aromatic heterocycles. The minimum atomic E-state index is -0.356. The van der Waals surface area contributed by atoms with Crippen molar-refractivity contribution in [3.63, 3.8) is 0 Å². The van der Waals surface area contributed by atoms with Crippen LogP contribution in [0, 0.1) is 0 Å². The van der Waals surface area contributed by atoms with E-state index in [2.05, 4.69) is 5.32 Å². The second-order valence-electron chi connectivity index (χ2n) is 2.94. The van der Waals surface area contributed by atoms with E-state index in [1.54, 1.807) is 25.1 Å². The van der Waals surface area contributed by atoms with Crippen molar-refractivity contribution in [3.8, 4) is 5.75 Å². The van der Waals surface area contributed by atoms with Crippen LogP contribution in [0.5, 0.6) is 5.75 Å². The van der Waals surface area contributed by atoms with Gasteiger partial charge in [0.1, 0.15) is 11.4 Å². The van der Waals surface area contributed by atoms with Gasteiger partial charge < -0.3 is 10.1 Å². The van der Waals surface area contributed by atoms with E-state index < -0.39 is 0 Å². The number of carbonyl (C=O) groups excluding carboxylic acids is 1. The highest BCUT2D eigenvalue weighted by molar-refractivity contribution is 5.89. The highest BCUT2D eigenvalue weighted by Gasteiger charge is 2.09. The predicted octanol–water partition coefficient (Wildman–Crippen LogP) is 2.11. The van der Waals surface area contributed by atoms with Gasteiger partial charge in [-0.15, -0.1) is 0 Å². The molecule has 1 N–H and O–H groups in total. The molecule has 0 aliphatic heterocycles. The average Bonchev–Trinajstić information content (AvgIpc) is 2.27. The summed E-state index contributed by atoms with van der Waals surface area (Å²) in [4.78, 5) is 11.6. The zero-order valence-electron chi connectivity index (χ0n) is 8.99. The van der Waals surface area contributed by atoms with E-state index in [4.69, 9.17) is 4.74 Å². The van der Waals surface area contributed by atoms with Crippen LogP contribution in [0.4, 0.5) is 0 Å². The Morgan fingerprint density at radius 2 is 2.07 bits per heavy atom. The van der Waals surface area contributed by atoms with Crippen LogP contribution in [-0.2, 0) is 4.79 Å². The summed E-state index contributed by atoms with van der Waals surface area (Å²) in [5.74, 6) is 0.199. The fourth-order valence-corrected chi connectivity index (χ4v) is 1.13. The summed E-state index contributed by atoms with van der Waals surface area (Å²) in [5, 5.41) is 2.94. The van der Waals surface area contributed by atoms with Crippen LogP contribution >= 0.6 is 0 Å². The number of allylic oxidation sites excluding steroid dienone is 1. The molecule has 0 radical (unpaired) electrons. The Balaban J connectivity index is 2.63. The number of carbonyl (C=O) groups is 1. The molecule has 1 aromatic carbocycles. The highest BCUT2D eigenvalue weighted by Crippen LogP contribution is 2.09. The van der Waals surface area contributed by atoms with Crippen molar-refractivity contribution in [2.24, 2.45) is 0 Å². The van der Waals surface area contributed by atoms with Crippen LogP contribution in [0.1, 0.15) is 13.8 Å². The van der Waals surface area contributed by atoms with Gasteiger partial charge in [-0.05, 0) is 26.0 Å². The molecule has 1 aromatic rings. The van der Waals surface area contributed by atoms with Crippen molar-refractivity contribution in [1.29, 1.82) is 0 Å². The molecule has 0 saturated heterocycles. The Hall–Kier alpha value is -1.77. The highest BCUT2D eigenvalue weighted by atomic mass is 16.5. The summed E-state index contributed by atoms with van der Waals surface area (Å²) < 4.78 is 5.15. The SMILES string of the molecule is CC=C(NCC)C(=O)Oc1ccccc1. The van der Waals surface area contributed by atoms with E-state index in [1.807, 2.05) is 25.1 Å². The van der Waals surface area contributed by atoms with E-state index in [0.29, 0.717) is 18.0 Å². The maximum absolute atomic E-state index is 11.6.